The van der Waals surface area contributed by atoms with Gasteiger partial charge in [-0.05, 0) is 19.3 Å². The van der Waals surface area contributed by atoms with Gasteiger partial charge in [0.2, 0.25) is 5.78 Å². The zero-order valence-corrected chi connectivity index (χ0v) is 18.5. The number of hydrogen-bond acceptors (Lipinski definition) is 6. The van der Waals surface area contributed by atoms with Crippen LogP contribution in [0, 0.1) is 0 Å². The molecule has 0 aliphatic heterocycles. The molecule has 0 atom stereocenters. The molecule has 2 rings (SSSR count). The second-order valence-corrected chi connectivity index (χ2v) is 8.72. The third kappa shape index (κ3) is 9.19. The van der Waals surface area contributed by atoms with Gasteiger partial charge in [0.1, 0.15) is 0 Å². The van der Waals surface area contributed by atoms with Crippen LogP contribution in [0.15, 0.2) is 35.6 Å². The van der Waals surface area contributed by atoms with Gasteiger partial charge in [-0.25, -0.2) is 0 Å². The third-order valence-electron chi connectivity index (χ3n) is 4.71. The fourth-order valence-electron chi connectivity index (χ4n) is 3.32. The number of ether oxygens (including phenoxy) is 1. The maximum absolute atomic E-state index is 12.7. The van der Waals surface area contributed by atoms with E-state index in [0.29, 0.717) is 29.4 Å². The number of benzene rings is 1. The predicted octanol–water partition coefficient (Wildman–Crippen LogP) is 3.97. The highest BCUT2D eigenvalue weighted by molar-refractivity contribution is 7.85. The second-order valence-electron chi connectivity index (χ2n) is 7.25. The average molecular weight is 441 g/mol. The van der Waals surface area contributed by atoms with Crippen LogP contribution >= 0.6 is 0 Å². The number of carbonyl (C=O) groups is 2. The van der Waals surface area contributed by atoms with Crippen molar-refractivity contribution in [3.8, 4) is 0 Å². The number of methoxy groups -OCH3 is 1. The molecule has 1 aromatic carbocycles. The van der Waals surface area contributed by atoms with Crippen LogP contribution in [0.25, 0.3) is 0 Å². The first-order valence-corrected chi connectivity index (χ1v) is 12.0. The molecule has 0 saturated heterocycles. The van der Waals surface area contributed by atoms with Gasteiger partial charge < -0.3 is 9.84 Å². The summed E-state index contributed by atoms with van der Waals surface area (Å²) in [6, 6.07) is 6.95. The first-order chi connectivity index (χ1) is 14.2. The lowest BCUT2D eigenvalue weighted by Crippen LogP contribution is -2.23. The summed E-state index contributed by atoms with van der Waals surface area (Å²) in [5, 5.41) is 8.74. The molecular formula is C22H32O7S. The fraction of sp³-hybridized carbons (Fsp3) is 0.545. The molecule has 0 heterocycles. The van der Waals surface area contributed by atoms with Gasteiger partial charge in [0.15, 0.2) is 11.5 Å². The van der Waals surface area contributed by atoms with Gasteiger partial charge in [0, 0.05) is 23.3 Å². The lowest BCUT2D eigenvalue weighted by molar-refractivity contribution is 0.0902. The molecular weight excluding hydrogens is 408 g/mol. The molecule has 8 heteroatoms. The summed E-state index contributed by atoms with van der Waals surface area (Å²) in [5.41, 5.74) is 1.46. The van der Waals surface area contributed by atoms with Crippen LogP contribution in [0.3, 0.4) is 0 Å². The average Bonchev–Trinajstić information content (AvgIpc) is 2.69. The van der Waals surface area contributed by atoms with Crippen LogP contribution in [0.4, 0.5) is 0 Å². The van der Waals surface area contributed by atoms with E-state index >= 15 is 0 Å². The molecule has 168 valence electrons. The Morgan fingerprint density at radius 3 is 1.73 bits per heavy atom. The summed E-state index contributed by atoms with van der Waals surface area (Å²) in [5.74, 6) is -0.0414. The van der Waals surface area contributed by atoms with Crippen molar-refractivity contribution in [3.63, 3.8) is 0 Å². The lowest BCUT2D eigenvalue weighted by Gasteiger charge is -2.19. The van der Waals surface area contributed by atoms with Crippen molar-refractivity contribution >= 4 is 21.7 Å². The first kappa shape index (κ1) is 26.0. The summed E-state index contributed by atoms with van der Waals surface area (Å²) in [7, 11) is -2.21. The summed E-state index contributed by atoms with van der Waals surface area (Å²) in [6.07, 6.45) is 9.90. The highest BCUT2D eigenvalue weighted by Crippen LogP contribution is 2.29. The Hall–Kier alpha value is -2.03. The van der Waals surface area contributed by atoms with Crippen molar-refractivity contribution in [3.05, 3.63) is 46.7 Å². The van der Waals surface area contributed by atoms with Gasteiger partial charge in [-0.1, -0.05) is 62.8 Å². The number of Topliss-reactive ketones (excluding diaryl/α,β-unsaturated/α-hetero) is 2. The van der Waals surface area contributed by atoms with Gasteiger partial charge in [0.25, 0.3) is 10.1 Å². The SMILES string of the molecule is COC1=C(CCCCCCCCCCO)C(=O)c2ccccc2C1=O.CS(=O)(=O)O. The van der Waals surface area contributed by atoms with Crippen molar-refractivity contribution in [1.29, 1.82) is 0 Å². The molecule has 7 nitrogen and oxygen atoms in total. The highest BCUT2D eigenvalue weighted by Gasteiger charge is 2.32. The maximum atomic E-state index is 12.7. The number of aliphatic hydroxyl groups excluding tert-OH is 1. The Kier molecular flexibility index (Phi) is 11.5. The highest BCUT2D eigenvalue weighted by atomic mass is 32.2. The van der Waals surface area contributed by atoms with Gasteiger partial charge >= 0.3 is 0 Å². The van der Waals surface area contributed by atoms with E-state index in [-0.39, 0.29) is 23.9 Å². The van der Waals surface area contributed by atoms with Crippen LogP contribution < -0.4 is 0 Å². The molecule has 1 aliphatic rings. The van der Waals surface area contributed by atoms with Gasteiger partial charge in [-0.3, -0.25) is 14.1 Å². The second kappa shape index (κ2) is 13.3. The summed E-state index contributed by atoms with van der Waals surface area (Å²) < 4.78 is 31.1. The van der Waals surface area contributed by atoms with E-state index in [1.54, 1.807) is 24.3 Å². The fourth-order valence-corrected chi connectivity index (χ4v) is 3.32. The minimum absolute atomic E-state index is 0.0731. The quantitative estimate of drug-likeness (QED) is 0.395. The summed E-state index contributed by atoms with van der Waals surface area (Å²) in [6.45, 7) is 0.285. The zero-order chi connectivity index (χ0) is 22.6. The molecule has 0 aromatic heterocycles. The molecule has 0 saturated carbocycles. The molecule has 1 aliphatic carbocycles. The minimum Gasteiger partial charge on any atom is -0.492 e. The van der Waals surface area contributed by atoms with E-state index in [0.717, 1.165) is 32.1 Å². The predicted molar refractivity (Wildman–Crippen MR) is 115 cm³/mol. The molecule has 0 amide bonds. The van der Waals surface area contributed by atoms with Crippen molar-refractivity contribution in [2.75, 3.05) is 20.0 Å². The molecule has 2 N–H and O–H groups in total. The Labute approximate surface area is 178 Å². The molecule has 0 unspecified atom stereocenters. The number of allylic oxidation sites excluding steroid dienone is 2. The number of rotatable bonds is 11. The number of ketones is 2. The van der Waals surface area contributed by atoms with Gasteiger partial charge in [0.05, 0.1) is 13.4 Å². The Morgan fingerprint density at radius 1 is 0.833 bits per heavy atom. The maximum Gasteiger partial charge on any atom is 0.261 e. The van der Waals surface area contributed by atoms with Crippen LogP contribution in [0.1, 0.15) is 78.5 Å². The van der Waals surface area contributed by atoms with Crippen molar-refractivity contribution in [2.24, 2.45) is 0 Å². The molecule has 0 spiro atoms. The Bertz CT molecular complexity index is 833. The number of unbranched alkanes of at least 4 members (excludes halogenated alkanes) is 7. The number of hydrogen-bond donors (Lipinski definition) is 2. The standard InChI is InChI=1S/C21H28O4.CH4O3S/c1-25-21-18(14-8-6-4-2-3-5-7-11-15-22)19(23)16-12-9-10-13-17(16)20(21)24;1-5(2,3)4/h9-10,12-13,22H,2-8,11,14-15H2,1H3;1H3,(H,2,3,4). The summed E-state index contributed by atoms with van der Waals surface area (Å²) in [4.78, 5) is 25.2. The molecule has 30 heavy (non-hydrogen) atoms. The summed E-state index contributed by atoms with van der Waals surface area (Å²) >= 11 is 0. The van der Waals surface area contributed by atoms with E-state index < -0.39 is 10.1 Å². The Balaban J connectivity index is 0.000000804. The van der Waals surface area contributed by atoms with Crippen LogP contribution in [0.5, 0.6) is 0 Å². The third-order valence-corrected chi connectivity index (χ3v) is 4.71. The minimum atomic E-state index is -3.67. The van der Waals surface area contributed by atoms with Gasteiger partial charge in [-0.15, -0.1) is 0 Å². The van der Waals surface area contributed by atoms with Crippen LogP contribution in [-0.4, -0.2) is 49.6 Å². The van der Waals surface area contributed by atoms with Crippen LogP contribution in [-0.2, 0) is 14.9 Å². The van der Waals surface area contributed by atoms with E-state index in [9.17, 15) is 18.0 Å². The number of aliphatic hydroxyl groups is 1. The smallest absolute Gasteiger partial charge is 0.261 e. The number of fused-ring (bicyclic) bond motifs is 1. The normalized spacial score (nSPS) is 13.6. The zero-order valence-electron chi connectivity index (χ0n) is 17.7. The van der Waals surface area contributed by atoms with E-state index in [1.165, 1.54) is 26.4 Å². The topological polar surface area (TPSA) is 118 Å². The van der Waals surface area contributed by atoms with Crippen LogP contribution in [0.2, 0.25) is 0 Å². The van der Waals surface area contributed by atoms with E-state index in [2.05, 4.69) is 0 Å². The monoisotopic (exact) mass is 440 g/mol. The lowest BCUT2D eigenvalue weighted by atomic mass is 9.86. The molecule has 0 bridgehead atoms. The molecule has 0 radical (unpaired) electrons. The molecule has 1 aromatic rings. The first-order valence-electron chi connectivity index (χ1n) is 10.2. The van der Waals surface area contributed by atoms with Gasteiger partial charge in [-0.2, -0.15) is 8.42 Å². The Morgan fingerprint density at radius 2 is 1.27 bits per heavy atom. The van der Waals surface area contributed by atoms with E-state index in [4.69, 9.17) is 14.4 Å². The van der Waals surface area contributed by atoms with E-state index in [1.807, 2.05) is 0 Å². The molecule has 0 fully saturated rings. The number of carbonyl (C=O) groups excluding carboxylic acids is 2. The van der Waals surface area contributed by atoms with Crippen molar-refractivity contribution < 1.29 is 32.4 Å². The largest absolute Gasteiger partial charge is 0.492 e. The van der Waals surface area contributed by atoms with Crippen molar-refractivity contribution in [2.45, 2.75) is 57.8 Å². The van der Waals surface area contributed by atoms with Crippen molar-refractivity contribution in [1.82, 2.24) is 0 Å².